The number of nitriles is 1. The Balaban J connectivity index is 1.79. The zero-order valence-electron chi connectivity index (χ0n) is 11.7. The van der Waals surface area contributed by atoms with Gasteiger partial charge in [0.05, 0.1) is 19.5 Å². The average molecular weight is 263 g/mol. The molecule has 2 nitrogen and oxygen atoms in total. The number of hydrogen-bond donors (Lipinski definition) is 0. The van der Waals surface area contributed by atoms with Gasteiger partial charge in [-0.1, -0.05) is 60.7 Å². The minimum atomic E-state index is 0.0533. The molecule has 2 heteroatoms. The highest BCUT2D eigenvalue weighted by molar-refractivity contribution is 5.26. The van der Waals surface area contributed by atoms with Gasteiger partial charge in [-0.3, -0.25) is 0 Å². The Morgan fingerprint density at radius 1 is 1.05 bits per heavy atom. The van der Waals surface area contributed by atoms with Crippen molar-refractivity contribution in [1.82, 2.24) is 0 Å². The summed E-state index contributed by atoms with van der Waals surface area (Å²) in [7, 11) is 2.19. The van der Waals surface area contributed by atoms with Crippen LogP contribution in [-0.2, 0) is 6.54 Å². The molecule has 0 amide bonds. The molecule has 0 N–H and O–H groups in total. The summed E-state index contributed by atoms with van der Waals surface area (Å²) in [6.07, 6.45) is 0. The highest BCUT2D eigenvalue weighted by Gasteiger charge is 2.52. The van der Waals surface area contributed by atoms with Gasteiger partial charge in [0.1, 0.15) is 12.6 Å². The Hall–Kier alpha value is -2.11. The topological polar surface area (TPSA) is 23.8 Å². The molecule has 0 saturated carbocycles. The van der Waals surface area contributed by atoms with Crippen LogP contribution in [0.3, 0.4) is 0 Å². The summed E-state index contributed by atoms with van der Waals surface area (Å²) < 4.78 is 0.820. The molecule has 1 fully saturated rings. The van der Waals surface area contributed by atoms with Gasteiger partial charge in [-0.15, -0.1) is 0 Å². The van der Waals surface area contributed by atoms with E-state index in [1.54, 1.807) is 0 Å². The lowest BCUT2D eigenvalue weighted by atomic mass is 9.80. The van der Waals surface area contributed by atoms with E-state index in [4.69, 9.17) is 0 Å². The smallest absolute Gasteiger partial charge is 0.188 e. The van der Waals surface area contributed by atoms with Crippen LogP contribution in [0.4, 0.5) is 0 Å². The molecule has 1 aliphatic heterocycles. The van der Waals surface area contributed by atoms with E-state index in [0.29, 0.717) is 5.92 Å². The summed E-state index contributed by atoms with van der Waals surface area (Å²) in [5.41, 5.74) is 2.60. The first-order valence-electron chi connectivity index (χ1n) is 7.06. The number of likely N-dealkylation sites (tertiary alicyclic amines) is 1. The van der Waals surface area contributed by atoms with Crippen LogP contribution in [0.2, 0.25) is 0 Å². The van der Waals surface area contributed by atoms with Crippen molar-refractivity contribution in [2.75, 3.05) is 13.6 Å². The predicted molar refractivity (Wildman–Crippen MR) is 79.8 cm³/mol. The number of rotatable bonds is 3. The van der Waals surface area contributed by atoms with Crippen molar-refractivity contribution in [3.63, 3.8) is 0 Å². The summed E-state index contributed by atoms with van der Waals surface area (Å²) in [4.78, 5) is 0. The molecular formula is C18H19N2+. The van der Waals surface area contributed by atoms with Gasteiger partial charge >= 0.3 is 0 Å². The standard InChI is InChI=1S/C18H19N2/c1-20(13-15-8-4-2-5-9-15)14-17(18(20)12-19)16-10-6-3-7-11-16/h2-11,17-18H,13-14H2,1H3/q+1/t17-,18-,20-/m0/s1. The Morgan fingerprint density at radius 3 is 2.25 bits per heavy atom. The number of nitrogens with zero attached hydrogens (tertiary/aromatic N) is 2. The van der Waals surface area contributed by atoms with E-state index in [1.807, 2.05) is 12.1 Å². The van der Waals surface area contributed by atoms with Crippen LogP contribution < -0.4 is 0 Å². The highest BCUT2D eigenvalue weighted by atomic mass is 15.4. The first-order valence-corrected chi connectivity index (χ1v) is 7.06. The van der Waals surface area contributed by atoms with Crippen molar-refractivity contribution >= 4 is 0 Å². The van der Waals surface area contributed by atoms with Gasteiger partial charge < -0.3 is 4.48 Å². The number of benzene rings is 2. The van der Waals surface area contributed by atoms with Gasteiger partial charge in [0, 0.05) is 5.56 Å². The number of quaternary nitrogens is 1. The van der Waals surface area contributed by atoms with E-state index in [1.165, 1.54) is 11.1 Å². The molecule has 0 aromatic heterocycles. The molecular weight excluding hydrogens is 244 g/mol. The molecule has 2 aromatic carbocycles. The normalized spacial score (nSPS) is 28.4. The maximum absolute atomic E-state index is 9.57. The minimum absolute atomic E-state index is 0.0533. The predicted octanol–water partition coefficient (Wildman–Crippen LogP) is 3.32. The zero-order chi connectivity index (χ0) is 14.0. The Bertz CT molecular complexity index is 615. The lowest BCUT2D eigenvalue weighted by Gasteiger charge is -2.52. The molecule has 2 aromatic rings. The maximum atomic E-state index is 9.57. The van der Waals surface area contributed by atoms with E-state index in [2.05, 4.69) is 61.6 Å². The average Bonchev–Trinajstić information content (AvgIpc) is 2.47. The number of hydrogen-bond acceptors (Lipinski definition) is 1. The molecule has 1 heterocycles. The van der Waals surface area contributed by atoms with Gasteiger partial charge in [0.15, 0.2) is 6.04 Å². The summed E-state index contributed by atoms with van der Waals surface area (Å²) in [5, 5.41) is 9.57. The van der Waals surface area contributed by atoms with Crippen LogP contribution in [0.1, 0.15) is 17.0 Å². The lowest BCUT2D eigenvalue weighted by Crippen LogP contribution is -2.66. The first kappa shape index (κ1) is 12.9. The quantitative estimate of drug-likeness (QED) is 0.779. The molecule has 0 unspecified atom stereocenters. The molecule has 3 atom stereocenters. The molecule has 20 heavy (non-hydrogen) atoms. The van der Waals surface area contributed by atoms with E-state index in [-0.39, 0.29) is 6.04 Å². The van der Waals surface area contributed by atoms with E-state index >= 15 is 0 Å². The van der Waals surface area contributed by atoms with Gasteiger partial charge in [-0.2, -0.15) is 5.26 Å². The fraction of sp³-hybridized carbons (Fsp3) is 0.278. The molecule has 1 saturated heterocycles. The van der Waals surface area contributed by atoms with Crippen molar-refractivity contribution < 1.29 is 4.48 Å². The van der Waals surface area contributed by atoms with Gasteiger partial charge in [0.25, 0.3) is 0 Å². The van der Waals surface area contributed by atoms with Gasteiger partial charge in [-0.25, -0.2) is 0 Å². The van der Waals surface area contributed by atoms with Crippen molar-refractivity contribution in [2.24, 2.45) is 0 Å². The van der Waals surface area contributed by atoms with Crippen LogP contribution >= 0.6 is 0 Å². The van der Waals surface area contributed by atoms with E-state index < -0.39 is 0 Å². The van der Waals surface area contributed by atoms with Crippen LogP contribution in [0, 0.1) is 11.3 Å². The van der Waals surface area contributed by atoms with Crippen LogP contribution in [0.25, 0.3) is 0 Å². The molecule has 3 rings (SSSR count). The van der Waals surface area contributed by atoms with Crippen molar-refractivity contribution in [3.8, 4) is 6.07 Å². The summed E-state index contributed by atoms with van der Waals surface area (Å²) >= 11 is 0. The molecule has 0 radical (unpaired) electrons. The second-order valence-electron chi connectivity index (χ2n) is 5.90. The van der Waals surface area contributed by atoms with Crippen LogP contribution in [-0.4, -0.2) is 24.1 Å². The molecule has 0 spiro atoms. The summed E-state index contributed by atoms with van der Waals surface area (Å²) in [6.45, 7) is 1.97. The molecule has 0 bridgehead atoms. The third-order valence-corrected chi connectivity index (χ3v) is 4.41. The summed E-state index contributed by atoms with van der Waals surface area (Å²) in [6, 6.07) is 23.5. The van der Waals surface area contributed by atoms with Crippen molar-refractivity contribution in [2.45, 2.75) is 18.5 Å². The van der Waals surface area contributed by atoms with Gasteiger partial charge in [0.2, 0.25) is 0 Å². The van der Waals surface area contributed by atoms with Crippen molar-refractivity contribution in [1.29, 1.82) is 5.26 Å². The molecule has 1 aliphatic rings. The Labute approximate surface area is 120 Å². The molecule has 100 valence electrons. The monoisotopic (exact) mass is 263 g/mol. The third-order valence-electron chi connectivity index (χ3n) is 4.41. The summed E-state index contributed by atoms with van der Waals surface area (Å²) in [5.74, 6) is 0.370. The first-order chi connectivity index (χ1) is 9.73. The minimum Gasteiger partial charge on any atom is -0.307 e. The fourth-order valence-electron chi connectivity index (χ4n) is 3.34. The van der Waals surface area contributed by atoms with Crippen LogP contribution in [0.15, 0.2) is 60.7 Å². The lowest BCUT2D eigenvalue weighted by molar-refractivity contribution is -0.980. The van der Waals surface area contributed by atoms with Gasteiger partial charge in [-0.05, 0) is 5.56 Å². The second-order valence-corrected chi connectivity index (χ2v) is 5.90. The molecule has 0 aliphatic carbocycles. The zero-order valence-corrected chi connectivity index (χ0v) is 11.7. The highest BCUT2D eigenvalue weighted by Crippen LogP contribution is 2.40. The SMILES string of the molecule is C[N@+]1(Cc2ccccc2)C[C@@H](c2ccccc2)[C@@H]1C#N. The maximum Gasteiger partial charge on any atom is 0.188 e. The Kier molecular flexibility index (Phi) is 3.30. The Morgan fingerprint density at radius 2 is 1.65 bits per heavy atom. The fourth-order valence-corrected chi connectivity index (χ4v) is 3.34. The van der Waals surface area contributed by atoms with E-state index in [9.17, 15) is 5.26 Å². The van der Waals surface area contributed by atoms with E-state index in [0.717, 1.165) is 17.6 Å². The largest absolute Gasteiger partial charge is 0.307 e. The second kappa shape index (κ2) is 5.11. The number of likely N-dealkylation sites (N-methyl/N-ethyl adjacent to an activating group) is 1. The van der Waals surface area contributed by atoms with Crippen molar-refractivity contribution in [3.05, 3.63) is 71.8 Å². The van der Waals surface area contributed by atoms with Crippen LogP contribution in [0.5, 0.6) is 0 Å². The third kappa shape index (κ3) is 2.21.